The fraction of sp³-hybridized carbons (Fsp3) is 0.231. The lowest BCUT2D eigenvalue weighted by atomic mass is 9.81. The summed E-state index contributed by atoms with van der Waals surface area (Å²) in [5.74, 6) is 3.29. The second-order valence-corrected chi connectivity index (χ2v) is 15.5. The van der Waals surface area contributed by atoms with Crippen molar-refractivity contribution in [1.82, 2.24) is 0 Å². The van der Waals surface area contributed by atoms with Crippen LogP contribution in [-0.2, 0) is 4.74 Å². The van der Waals surface area contributed by atoms with Gasteiger partial charge in [-0.1, -0.05) is 179 Å². The van der Waals surface area contributed by atoms with E-state index in [2.05, 4.69) is 179 Å². The standard InChI is InChI=1S/C52H50O3/c1-35(2)32-49(36(3)4)41-27-26-40-34-42(29-28-39(40)33-41)55-52(50-47-22-13-11-20-45(47)46-21-12-14-23-48(46)50)54-31-30-53-51-43(37-16-7-5-8-17-37)24-15-25-44(51)38-18-9-6-10-19-38/h5-29,33-36,49-50,52H,30-32H2,1-4H3. The Kier molecular flexibility index (Phi) is 10.8. The number of para-hydroxylation sites is 1. The van der Waals surface area contributed by atoms with E-state index in [0.29, 0.717) is 31.0 Å². The number of fused-ring (bicyclic) bond motifs is 4. The quantitative estimate of drug-likeness (QED) is 0.0826. The lowest BCUT2D eigenvalue weighted by Gasteiger charge is -2.27. The van der Waals surface area contributed by atoms with Crippen LogP contribution in [0.1, 0.15) is 62.6 Å². The van der Waals surface area contributed by atoms with Crippen molar-refractivity contribution >= 4 is 10.8 Å². The van der Waals surface area contributed by atoms with Crippen LogP contribution >= 0.6 is 0 Å². The molecule has 276 valence electrons. The van der Waals surface area contributed by atoms with E-state index < -0.39 is 6.29 Å². The molecule has 0 amide bonds. The number of hydrogen-bond acceptors (Lipinski definition) is 3. The van der Waals surface area contributed by atoms with Crippen molar-refractivity contribution in [1.29, 1.82) is 0 Å². The van der Waals surface area contributed by atoms with Crippen LogP contribution in [-0.4, -0.2) is 19.5 Å². The molecule has 0 N–H and O–H groups in total. The Morgan fingerprint density at radius 3 is 1.65 bits per heavy atom. The summed E-state index contributed by atoms with van der Waals surface area (Å²) >= 11 is 0. The van der Waals surface area contributed by atoms with Gasteiger partial charge in [-0.2, -0.15) is 0 Å². The summed E-state index contributed by atoms with van der Waals surface area (Å²) < 4.78 is 20.5. The van der Waals surface area contributed by atoms with Gasteiger partial charge < -0.3 is 14.2 Å². The maximum Gasteiger partial charge on any atom is 0.211 e. The molecule has 0 saturated carbocycles. The van der Waals surface area contributed by atoms with Gasteiger partial charge in [0.1, 0.15) is 18.1 Å². The molecule has 7 aromatic rings. The predicted octanol–water partition coefficient (Wildman–Crippen LogP) is 13.6. The molecule has 1 aliphatic carbocycles. The molecule has 1 aliphatic rings. The molecule has 0 aromatic heterocycles. The number of hydrogen-bond donors (Lipinski definition) is 0. The van der Waals surface area contributed by atoms with E-state index in [9.17, 15) is 0 Å². The molecule has 2 atom stereocenters. The van der Waals surface area contributed by atoms with E-state index >= 15 is 0 Å². The third-order valence-electron chi connectivity index (χ3n) is 11.0. The van der Waals surface area contributed by atoms with Gasteiger partial charge in [0.05, 0.1) is 12.5 Å². The zero-order valence-corrected chi connectivity index (χ0v) is 32.3. The summed E-state index contributed by atoms with van der Waals surface area (Å²) in [6.45, 7) is 10.0. The van der Waals surface area contributed by atoms with Crippen LogP contribution < -0.4 is 9.47 Å². The summed E-state index contributed by atoms with van der Waals surface area (Å²) in [4.78, 5) is 0. The first-order chi connectivity index (χ1) is 26.9. The van der Waals surface area contributed by atoms with Crippen molar-refractivity contribution in [2.75, 3.05) is 13.2 Å². The maximum atomic E-state index is 6.95. The first-order valence-corrected chi connectivity index (χ1v) is 19.8. The summed E-state index contributed by atoms with van der Waals surface area (Å²) in [7, 11) is 0. The molecule has 2 unspecified atom stereocenters. The lowest BCUT2D eigenvalue weighted by molar-refractivity contribution is -0.0948. The van der Waals surface area contributed by atoms with E-state index in [1.807, 2.05) is 12.1 Å². The van der Waals surface area contributed by atoms with Gasteiger partial charge in [0.2, 0.25) is 6.29 Å². The number of ether oxygens (including phenoxy) is 3. The minimum atomic E-state index is -0.584. The Morgan fingerprint density at radius 2 is 1.05 bits per heavy atom. The molecule has 0 aliphatic heterocycles. The fourth-order valence-corrected chi connectivity index (χ4v) is 8.36. The first kappa shape index (κ1) is 36.3. The maximum absolute atomic E-state index is 6.95. The zero-order valence-electron chi connectivity index (χ0n) is 32.3. The van der Waals surface area contributed by atoms with Gasteiger partial charge in [0.15, 0.2) is 0 Å². The highest BCUT2D eigenvalue weighted by molar-refractivity contribution is 5.85. The second-order valence-electron chi connectivity index (χ2n) is 15.5. The van der Waals surface area contributed by atoms with Crippen LogP contribution in [0.4, 0.5) is 0 Å². The highest BCUT2D eigenvalue weighted by Crippen LogP contribution is 2.47. The summed E-state index contributed by atoms with van der Waals surface area (Å²) in [6.07, 6.45) is 0.600. The van der Waals surface area contributed by atoms with Crippen LogP contribution in [0.25, 0.3) is 44.2 Å². The zero-order chi connectivity index (χ0) is 37.7. The Balaban J connectivity index is 1.09. The van der Waals surface area contributed by atoms with Crippen molar-refractivity contribution in [2.45, 2.75) is 52.2 Å². The first-order valence-electron chi connectivity index (χ1n) is 19.8. The SMILES string of the molecule is CC(C)CC(c1ccc2cc(OC(OCCOc3c(-c4ccccc4)cccc3-c3ccccc3)C3c4ccccc4-c4ccccc43)ccc2c1)C(C)C. The Labute approximate surface area is 326 Å². The normalized spacial score (nSPS) is 13.5. The van der Waals surface area contributed by atoms with Crippen LogP contribution in [0.15, 0.2) is 164 Å². The van der Waals surface area contributed by atoms with Gasteiger partial charge in [-0.3, -0.25) is 0 Å². The molecular weight excluding hydrogens is 673 g/mol. The topological polar surface area (TPSA) is 27.7 Å². The van der Waals surface area contributed by atoms with E-state index in [1.165, 1.54) is 39.6 Å². The monoisotopic (exact) mass is 722 g/mol. The molecule has 3 heteroatoms. The highest BCUT2D eigenvalue weighted by atomic mass is 16.7. The van der Waals surface area contributed by atoms with Gasteiger partial charge in [0.25, 0.3) is 0 Å². The van der Waals surface area contributed by atoms with Gasteiger partial charge in [-0.05, 0) is 86.0 Å². The Morgan fingerprint density at radius 1 is 0.509 bits per heavy atom. The highest BCUT2D eigenvalue weighted by Gasteiger charge is 2.36. The van der Waals surface area contributed by atoms with Crippen LogP contribution in [0.5, 0.6) is 11.5 Å². The molecule has 0 fully saturated rings. The van der Waals surface area contributed by atoms with E-state index in [-0.39, 0.29) is 5.92 Å². The van der Waals surface area contributed by atoms with Crippen molar-refractivity contribution < 1.29 is 14.2 Å². The minimum Gasteiger partial charge on any atom is -0.490 e. The van der Waals surface area contributed by atoms with Crippen molar-refractivity contribution in [3.8, 4) is 44.9 Å². The van der Waals surface area contributed by atoms with E-state index in [4.69, 9.17) is 14.2 Å². The molecule has 8 rings (SSSR count). The van der Waals surface area contributed by atoms with Crippen molar-refractivity contribution in [3.05, 3.63) is 180 Å². The minimum absolute atomic E-state index is 0.107. The Bertz CT molecular complexity index is 2260. The smallest absolute Gasteiger partial charge is 0.211 e. The molecule has 0 saturated heterocycles. The summed E-state index contributed by atoms with van der Waals surface area (Å²) in [6, 6.07) is 57.9. The average molecular weight is 723 g/mol. The number of rotatable bonds is 14. The van der Waals surface area contributed by atoms with Gasteiger partial charge >= 0.3 is 0 Å². The molecule has 0 heterocycles. The average Bonchev–Trinajstić information content (AvgIpc) is 3.55. The molecule has 0 spiro atoms. The largest absolute Gasteiger partial charge is 0.490 e. The molecule has 0 bridgehead atoms. The molecule has 0 radical (unpaired) electrons. The Hall–Kier alpha value is -5.64. The third kappa shape index (κ3) is 7.81. The molecular formula is C52H50O3. The van der Waals surface area contributed by atoms with Gasteiger partial charge in [0, 0.05) is 11.1 Å². The van der Waals surface area contributed by atoms with Crippen molar-refractivity contribution in [2.24, 2.45) is 11.8 Å². The molecule has 3 nitrogen and oxygen atoms in total. The van der Waals surface area contributed by atoms with Crippen molar-refractivity contribution in [3.63, 3.8) is 0 Å². The van der Waals surface area contributed by atoms with Gasteiger partial charge in [-0.15, -0.1) is 0 Å². The van der Waals surface area contributed by atoms with Crippen LogP contribution in [0.3, 0.4) is 0 Å². The molecule has 55 heavy (non-hydrogen) atoms. The lowest BCUT2D eigenvalue weighted by Crippen LogP contribution is -2.30. The summed E-state index contributed by atoms with van der Waals surface area (Å²) in [5, 5.41) is 2.39. The van der Waals surface area contributed by atoms with Crippen LogP contribution in [0, 0.1) is 11.8 Å². The van der Waals surface area contributed by atoms with Gasteiger partial charge in [-0.25, -0.2) is 0 Å². The van der Waals surface area contributed by atoms with E-state index in [0.717, 1.165) is 39.1 Å². The third-order valence-corrected chi connectivity index (χ3v) is 11.0. The summed E-state index contributed by atoms with van der Waals surface area (Å²) in [5.41, 5.74) is 10.6. The fourth-order valence-electron chi connectivity index (χ4n) is 8.36. The second kappa shape index (κ2) is 16.4. The van der Waals surface area contributed by atoms with E-state index in [1.54, 1.807) is 0 Å². The predicted molar refractivity (Wildman–Crippen MR) is 228 cm³/mol. The molecule has 7 aromatic carbocycles. The van der Waals surface area contributed by atoms with Crippen LogP contribution in [0.2, 0.25) is 0 Å². The number of benzene rings is 7.